The van der Waals surface area contributed by atoms with Crippen LogP contribution < -0.4 is 0 Å². The van der Waals surface area contributed by atoms with E-state index >= 15 is 0 Å². The van der Waals surface area contributed by atoms with Crippen molar-refractivity contribution >= 4 is 279 Å². The van der Waals surface area contributed by atoms with Crippen molar-refractivity contribution in [2.45, 2.75) is 19.6 Å². The minimum Gasteiger partial charge on any atom is -0.389 e. The summed E-state index contributed by atoms with van der Waals surface area (Å²) in [6.07, 6.45) is 0. The van der Waals surface area contributed by atoms with Crippen LogP contribution in [0.15, 0.2) is 0 Å². The second-order valence-electron chi connectivity index (χ2n) is 13.5. The fourth-order valence-electron chi connectivity index (χ4n) is 3.69. The second-order valence-corrected chi connectivity index (χ2v) is 189. The van der Waals surface area contributed by atoms with Gasteiger partial charge in [0.25, 0.3) is 0 Å². The first-order valence-corrected chi connectivity index (χ1v) is 105. The molecule has 35 nitrogen and oxygen atoms in total. The Bertz CT molecular complexity index is 3240. The average molecular weight is 1620 g/mol. The average Bonchev–Trinajstić information content (AvgIpc) is 3.39. The molecule has 0 amide bonds. The standard InChI is InChI=1S/C3H9O35Si36/c1-74(2,3)73(38)72(37)71(36)70(35)69(34)68(33)67(32)66(31)65(30)64(29)63(28)62(27)61(26)60(25)59(24)58(23)57(22)56(21)55(20)54(19)53(18)52(17)51(16)50(15)49(14)48(13)47(12)46(11)45(10)44(9)43(8)42(7)41(6)40(5)39-4/h1-3H3. The highest BCUT2D eigenvalue weighted by molar-refractivity contribution is 7.85. The smallest absolute Gasteiger partial charge is 0.381 e. The van der Waals surface area contributed by atoms with Gasteiger partial charge in [-0.1, -0.05) is 19.6 Å². The van der Waals surface area contributed by atoms with Gasteiger partial charge in [-0.05, 0) is 0 Å². The summed E-state index contributed by atoms with van der Waals surface area (Å²) >= 11 is 0. The zero-order valence-electron chi connectivity index (χ0n) is 35.3. The minimum atomic E-state index is -4.78. The molecule has 375 valence electrons. The predicted molar refractivity (Wildman–Crippen MR) is 249 cm³/mol. The van der Waals surface area contributed by atoms with Gasteiger partial charge in [0.1, 0.15) is 7.59 Å². The molecule has 0 heterocycles. The van der Waals surface area contributed by atoms with E-state index < -0.39 is 279 Å². The summed E-state index contributed by atoms with van der Waals surface area (Å²) in [5.41, 5.74) is 0. The Morgan fingerprint density at radius 2 is 0.270 bits per heavy atom. The summed E-state index contributed by atoms with van der Waals surface area (Å²) in [6.45, 7) is 4.30. The van der Waals surface area contributed by atoms with E-state index in [9.17, 15) is 156 Å². The molecular formula is C3H9O35Si36. The van der Waals surface area contributed by atoms with Crippen LogP contribution in [-0.2, 0) is 156 Å². The molecule has 0 spiro atoms. The Kier molecular flexibility index (Phi) is 32.8. The van der Waals surface area contributed by atoms with Crippen molar-refractivity contribution in [2.75, 3.05) is 0 Å². The highest BCUT2D eigenvalue weighted by Gasteiger charge is 2.59. The Labute approximate surface area is 449 Å². The number of rotatable bonds is 35. The highest BCUT2D eigenvalue weighted by atomic mass is 30.1. The van der Waals surface area contributed by atoms with Gasteiger partial charge in [0, 0.05) is 0 Å². The molecule has 74 heavy (non-hydrogen) atoms. The van der Waals surface area contributed by atoms with Crippen molar-refractivity contribution < 1.29 is 156 Å². The SMILES string of the molecule is C[Si](C)(C)[Si](=O)[Si](=O)[Si](=O)[Si](=O)[Si](=O)[Si](=O)[Si](=O)[Si](=O)[Si](=O)[Si](=O)[Si](=O)[Si](=O)[Si](=O)[Si](=O)[Si](=O)[Si](=O)[Si](=O)[Si](=O)[Si](=O)[Si](=O)[Si](=O)[Si](=O)[Si](=O)[Si](=O)[Si](=O)[Si](=O)[Si](=O)[Si](=O)[Si](=O)[Si](=O)[Si](=O)[Si](=O)[Si](=O)[Si](=O)[Si]=O. The van der Waals surface area contributed by atoms with Gasteiger partial charge in [-0.3, -0.25) is 0 Å². The Hall–Kier alpha value is 0.808. The lowest BCUT2D eigenvalue weighted by atomic mass is 11.8. The van der Waals surface area contributed by atoms with Crippen LogP contribution in [0, 0.1) is 0 Å². The van der Waals surface area contributed by atoms with E-state index in [0.717, 1.165) is 0 Å². The molecule has 0 bridgehead atoms. The van der Waals surface area contributed by atoms with Gasteiger partial charge in [0.2, 0.25) is 0 Å². The maximum Gasteiger partial charge on any atom is 0.381 e. The van der Waals surface area contributed by atoms with Crippen LogP contribution in [-0.4, -0.2) is 279 Å². The third kappa shape index (κ3) is 18.9. The van der Waals surface area contributed by atoms with Crippen LogP contribution in [0.1, 0.15) is 0 Å². The Morgan fingerprint density at radius 3 is 0.365 bits per heavy atom. The van der Waals surface area contributed by atoms with Crippen LogP contribution in [0.5, 0.6) is 0 Å². The summed E-state index contributed by atoms with van der Waals surface area (Å²) < 4.78 is 437. The summed E-state index contributed by atoms with van der Waals surface area (Å²) in [5.74, 6) is 0. The van der Waals surface area contributed by atoms with Gasteiger partial charge in [0.15, 0.2) is 0 Å². The maximum atomic E-state index is 12.7. The highest BCUT2D eigenvalue weighted by Crippen LogP contribution is 2.01. The van der Waals surface area contributed by atoms with E-state index in [1.807, 2.05) is 0 Å². The van der Waals surface area contributed by atoms with E-state index in [-0.39, 0.29) is 0 Å². The van der Waals surface area contributed by atoms with E-state index in [0.29, 0.717) is 0 Å². The minimum absolute atomic E-state index is 1.43. The third-order valence-corrected chi connectivity index (χ3v) is 285. The van der Waals surface area contributed by atoms with Crippen molar-refractivity contribution in [3.8, 4) is 0 Å². The van der Waals surface area contributed by atoms with Crippen molar-refractivity contribution in [1.82, 2.24) is 0 Å². The second kappa shape index (κ2) is 32.4. The van der Waals surface area contributed by atoms with Gasteiger partial charge in [-0.25, -0.2) is 0 Å². The summed E-state index contributed by atoms with van der Waals surface area (Å²) in [6, 6.07) is 0. The molecule has 0 rings (SSSR count). The molecular weight excluding hydrogens is 1610 g/mol. The molecule has 71 heteroatoms. The normalized spacial score (nSPS) is 10.1. The molecule has 0 unspecified atom stereocenters. The fraction of sp³-hybridized carbons (Fsp3) is 1.00. The van der Waals surface area contributed by atoms with Crippen LogP contribution in [0.4, 0.5) is 0 Å². The fourth-order valence-corrected chi connectivity index (χ4v) is 415. The molecule has 0 aromatic heterocycles. The van der Waals surface area contributed by atoms with Crippen molar-refractivity contribution in [1.29, 1.82) is 0 Å². The molecule has 0 aliphatic rings. The molecule has 0 fully saturated rings. The van der Waals surface area contributed by atoms with Crippen LogP contribution in [0.25, 0.3) is 0 Å². The predicted octanol–water partition coefficient (Wildman–Crippen LogP) is -16.1. The largest absolute Gasteiger partial charge is 0.389 e. The van der Waals surface area contributed by atoms with Gasteiger partial charge in [0.05, 0.1) is 0 Å². The van der Waals surface area contributed by atoms with E-state index in [4.69, 9.17) is 0 Å². The molecule has 0 aliphatic heterocycles. The lowest BCUT2D eigenvalue weighted by molar-refractivity contribution is 0.531. The number of hydrogen-bond acceptors (Lipinski definition) is 35. The van der Waals surface area contributed by atoms with Gasteiger partial charge in [-0.15, -0.1) is 0 Å². The molecule has 1 radical (unpaired) electrons. The zero-order chi connectivity index (χ0) is 58.8. The van der Waals surface area contributed by atoms with Crippen LogP contribution in [0.2, 0.25) is 19.6 Å². The van der Waals surface area contributed by atoms with E-state index in [1.165, 1.54) is 19.6 Å². The molecule has 0 aromatic rings. The number of hydrogen-bond donors (Lipinski definition) is 0. The van der Waals surface area contributed by atoms with E-state index in [2.05, 4.69) is 0 Å². The van der Waals surface area contributed by atoms with E-state index in [1.54, 1.807) is 0 Å². The quantitative estimate of drug-likeness (QED) is 0.0532. The van der Waals surface area contributed by atoms with Crippen molar-refractivity contribution in [3.63, 3.8) is 0 Å². The lowest BCUT2D eigenvalue weighted by Crippen LogP contribution is -2.58. The monoisotopic (exact) mass is 1610 g/mol. The van der Waals surface area contributed by atoms with Gasteiger partial charge < -0.3 is 156 Å². The zero-order valence-corrected chi connectivity index (χ0v) is 71.3. The van der Waals surface area contributed by atoms with Crippen LogP contribution >= 0.6 is 0 Å². The van der Waals surface area contributed by atoms with Gasteiger partial charge in [-0.2, -0.15) is 0 Å². The molecule has 0 aromatic carbocycles. The van der Waals surface area contributed by atoms with Crippen molar-refractivity contribution in [3.05, 3.63) is 0 Å². The summed E-state index contributed by atoms with van der Waals surface area (Å²) in [5, 5.41) is 0. The lowest BCUT2D eigenvalue weighted by Gasteiger charge is -2.08. The topological polar surface area (TPSA) is 597 Å². The van der Waals surface area contributed by atoms with Crippen molar-refractivity contribution in [2.24, 2.45) is 0 Å². The molecule has 0 N–H and O–H groups in total. The first-order chi connectivity index (χ1) is 33.5. The molecule has 0 saturated heterocycles. The maximum absolute atomic E-state index is 12.7. The molecule has 0 aliphatic carbocycles. The van der Waals surface area contributed by atoms with Crippen LogP contribution in [0.3, 0.4) is 0 Å². The first-order valence-electron chi connectivity index (χ1n) is 17.4. The molecule has 0 saturated carbocycles. The Balaban J connectivity index is 5.95. The first kappa shape index (κ1) is 74.8. The third-order valence-electron chi connectivity index (χ3n) is 7.58. The summed E-state index contributed by atoms with van der Waals surface area (Å²) in [4.78, 5) is 0. The van der Waals surface area contributed by atoms with Gasteiger partial charge >= 0.3 is 271 Å². The Morgan fingerprint density at radius 1 is 0.176 bits per heavy atom. The summed E-state index contributed by atoms with van der Waals surface area (Å²) in [7, 11) is -156. The molecule has 0 atom stereocenters.